The van der Waals surface area contributed by atoms with E-state index in [-0.39, 0.29) is 0 Å². The monoisotopic (exact) mass is 292 g/mol. The summed E-state index contributed by atoms with van der Waals surface area (Å²) in [7, 11) is 0. The van der Waals surface area contributed by atoms with E-state index < -0.39 is 11.8 Å². The molecule has 110 valence electrons. The molecule has 0 saturated heterocycles. The van der Waals surface area contributed by atoms with Crippen molar-refractivity contribution in [3.05, 3.63) is 108 Å². The quantitative estimate of drug-likeness (QED) is 0.743. The van der Waals surface area contributed by atoms with Crippen LogP contribution in [-0.2, 0) is 5.60 Å². The lowest BCUT2D eigenvalue weighted by molar-refractivity contribution is -0.00572. The Morgan fingerprint density at radius 2 is 1.00 bits per heavy atom. The molecule has 3 aromatic carbocycles. The molecule has 0 aromatic heterocycles. The zero-order valence-corrected chi connectivity index (χ0v) is 12.1. The standard InChI is InChI=1S/C20H17FO/c21-19(16-10-4-1-5-11-16)20(22,17-12-6-2-7-13-17)18-14-8-3-9-15-18/h1-15,19,22H. The summed E-state index contributed by atoms with van der Waals surface area (Å²) >= 11 is 0. The van der Waals surface area contributed by atoms with Gasteiger partial charge in [-0.25, -0.2) is 4.39 Å². The maximum atomic E-state index is 15.3. The van der Waals surface area contributed by atoms with Crippen LogP contribution in [0.25, 0.3) is 0 Å². The lowest BCUT2D eigenvalue weighted by Gasteiger charge is -2.33. The lowest BCUT2D eigenvalue weighted by Crippen LogP contribution is -2.32. The van der Waals surface area contributed by atoms with Gasteiger partial charge in [-0.15, -0.1) is 0 Å². The summed E-state index contributed by atoms with van der Waals surface area (Å²) in [6.45, 7) is 0. The van der Waals surface area contributed by atoms with Crippen molar-refractivity contribution in [2.75, 3.05) is 0 Å². The van der Waals surface area contributed by atoms with Crippen LogP contribution in [0.15, 0.2) is 91.0 Å². The highest BCUT2D eigenvalue weighted by atomic mass is 19.1. The van der Waals surface area contributed by atoms with E-state index in [1.807, 2.05) is 18.2 Å². The molecule has 1 N–H and O–H groups in total. The highest BCUT2D eigenvalue weighted by Gasteiger charge is 2.41. The third-order valence-corrected chi connectivity index (χ3v) is 3.89. The van der Waals surface area contributed by atoms with E-state index >= 15 is 4.39 Å². The van der Waals surface area contributed by atoms with Crippen LogP contribution in [0.5, 0.6) is 0 Å². The van der Waals surface area contributed by atoms with E-state index in [2.05, 4.69) is 0 Å². The van der Waals surface area contributed by atoms with Gasteiger partial charge in [0.15, 0.2) is 6.17 Å². The summed E-state index contributed by atoms with van der Waals surface area (Å²) in [5, 5.41) is 11.3. The summed E-state index contributed by atoms with van der Waals surface area (Å²) in [5.74, 6) is 0. The molecule has 0 heterocycles. The molecule has 1 nitrogen and oxygen atoms in total. The van der Waals surface area contributed by atoms with E-state index in [0.717, 1.165) is 0 Å². The third kappa shape index (κ3) is 2.53. The number of aliphatic hydroxyl groups is 1. The third-order valence-electron chi connectivity index (χ3n) is 3.89. The number of halogens is 1. The predicted octanol–water partition coefficient (Wildman–Crippen LogP) is 4.63. The second-order valence-corrected chi connectivity index (χ2v) is 5.27. The van der Waals surface area contributed by atoms with Crippen LogP contribution < -0.4 is 0 Å². The molecule has 0 bridgehead atoms. The molecule has 0 aliphatic rings. The first-order chi connectivity index (χ1) is 10.7. The van der Waals surface area contributed by atoms with Crippen LogP contribution in [0.1, 0.15) is 22.9 Å². The second kappa shape index (κ2) is 6.12. The summed E-state index contributed by atoms with van der Waals surface area (Å²) in [6, 6.07) is 26.7. The van der Waals surface area contributed by atoms with Crippen LogP contribution in [0.3, 0.4) is 0 Å². The molecule has 0 spiro atoms. The Bertz CT molecular complexity index is 671. The number of benzene rings is 3. The number of hydrogen-bond donors (Lipinski definition) is 1. The van der Waals surface area contributed by atoms with Crippen molar-refractivity contribution in [3.63, 3.8) is 0 Å². The first-order valence-corrected chi connectivity index (χ1v) is 7.25. The fourth-order valence-electron chi connectivity index (χ4n) is 2.71. The minimum atomic E-state index is -1.72. The fourth-order valence-corrected chi connectivity index (χ4v) is 2.71. The van der Waals surface area contributed by atoms with Crippen molar-refractivity contribution < 1.29 is 9.50 Å². The van der Waals surface area contributed by atoms with Crippen LogP contribution in [0.2, 0.25) is 0 Å². The first-order valence-electron chi connectivity index (χ1n) is 7.25. The molecule has 0 saturated carbocycles. The SMILES string of the molecule is OC(c1ccccc1)(c1ccccc1)C(F)c1ccccc1. The Balaban J connectivity index is 2.16. The molecule has 22 heavy (non-hydrogen) atoms. The van der Waals surface area contributed by atoms with Crippen molar-refractivity contribution in [1.82, 2.24) is 0 Å². The number of hydrogen-bond acceptors (Lipinski definition) is 1. The molecule has 3 aromatic rings. The number of rotatable bonds is 4. The van der Waals surface area contributed by atoms with Gasteiger partial charge in [0.1, 0.15) is 5.60 Å². The molecule has 2 heteroatoms. The van der Waals surface area contributed by atoms with Gasteiger partial charge in [0, 0.05) is 0 Å². The molecule has 0 radical (unpaired) electrons. The van der Waals surface area contributed by atoms with Crippen LogP contribution in [0.4, 0.5) is 4.39 Å². The van der Waals surface area contributed by atoms with Crippen LogP contribution in [-0.4, -0.2) is 5.11 Å². The summed E-state index contributed by atoms with van der Waals surface area (Å²) in [5.41, 5.74) is -0.183. The zero-order chi connectivity index (χ0) is 15.4. The largest absolute Gasteiger partial charge is 0.377 e. The van der Waals surface area contributed by atoms with E-state index in [1.54, 1.807) is 72.8 Å². The molecule has 0 aliphatic heterocycles. The van der Waals surface area contributed by atoms with E-state index in [0.29, 0.717) is 16.7 Å². The molecular weight excluding hydrogens is 275 g/mol. The summed E-state index contributed by atoms with van der Waals surface area (Å²) in [4.78, 5) is 0. The van der Waals surface area contributed by atoms with Gasteiger partial charge in [-0.1, -0.05) is 91.0 Å². The van der Waals surface area contributed by atoms with Crippen molar-refractivity contribution in [1.29, 1.82) is 0 Å². The Labute approximate surface area is 129 Å². The highest BCUT2D eigenvalue weighted by Crippen LogP contribution is 2.43. The molecule has 1 atom stereocenters. The Morgan fingerprint density at radius 1 is 0.636 bits per heavy atom. The van der Waals surface area contributed by atoms with E-state index in [4.69, 9.17) is 0 Å². The van der Waals surface area contributed by atoms with Crippen molar-refractivity contribution in [2.45, 2.75) is 11.8 Å². The Hall–Kier alpha value is -2.45. The van der Waals surface area contributed by atoms with Crippen LogP contribution >= 0.6 is 0 Å². The maximum Gasteiger partial charge on any atom is 0.162 e. The first kappa shape index (κ1) is 14.5. The van der Waals surface area contributed by atoms with Gasteiger partial charge >= 0.3 is 0 Å². The van der Waals surface area contributed by atoms with Crippen molar-refractivity contribution in [2.24, 2.45) is 0 Å². The normalized spacial score (nSPS) is 12.8. The summed E-state index contributed by atoms with van der Waals surface area (Å²) < 4.78 is 15.3. The average molecular weight is 292 g/mol. The molecular formula is C20H17FO. The van der Waals surface area contributed by atoms with Crippen molar-refractivity contribution >= 4 is 0 Å². The van der Waals surface area contributed by atoms with Gasteiger partial charge in [-0.2, -0.15) is 0 Å². The lowest BCUT2D eigenvalue weighted by atomic mass is 9.80. The minimum Gasteiger partial charge on any atom is -0.377 e. The van der Waals surface area contributed by atoms with Crippen molar-refractivity contribution in [3.8, 4) is 0 Å². The second-order valence-electron chi connectivity index (χ2n) is 5.27. The fraction of sp³-hybridized carbons (Fsp3) is 0.100. The molecule has 0 fully saturated rings. The molecule has 1 unspecified atom stereocenters. The maximum absolute atomic E-state index is 15.3. The van der Waals surface area contributed by atoms with E-state index in [9.17, 15) is 5.11 Å². The van der Waals surface area contributed by atoms with Gasteiger partial charge in [-0.05, 0) is 16.7 Å². The molecule has 0 aliphatic carbocycles. The minimum absolute atomic E-state index is 0.456. The van der Waals surface area contributed by atoms with Gasteiger partial charge in [-0.3, -0.25) is 0 Å². The number of alkyl halides is 1. The Kier molecular flexibility index (Phi) is 4.03. The van der Waals surface area contributed by atoms with Gasteiger partial charge < -0.3 is 5.11 Å². The van der Waals surface area contributed by atoms with Crippen LogP contribution in [0, 0.1) is 0 Å². The Morgan fingerprint density at radius 3 is 1.41 bits per heavy atom. The summed E-state index contributed by atoms with van der Waals surface area (Å²) in [6.07, 6.45) is -1.56. The van der Waals surface area contributed by atoms with Gasteiger partial charge in [0.25, 0.3) is 0 Å². The topological polar surface area (TPSA) is 20.2 Å². The zero-order valence-electron chi connectivity index (χ0n) is 12.1. The van der Waals surface area contributed by atoms with Gasteiger partial charge in [0.05, 0.1) is 0 Å². The highest BCUT2D eigenvalue weighted by molar-refractivity contribution is 5.40. The average Bonchev–Trinajstić information content (AvgIpc) is 2.62. The predicted molar refractivity (Wildman–Crippen MR) is 86.2 cm³/mol. The molecule has 3 rings (SSSR count). The van der Waals surface area contributed by atoms with Gasteiger partial charge in [0.2, 0.25) is 0 Å². The van der Waals surface area contributed by atoms with E-state index in [1.165, 1.54) is 0 Å². The smallest absolute Gasteiger partial charge is 0.162 e. The molecule has 0 amide bonds.